The minimum absolute atomic E-state index is 0.0215. The molecule has 2 saturated heterocycles. The van der Waals surface area contributed by atoms with Crippen molar-refractivity contribution in [3.8, 4) is 0 Å². The first-order valence-electron chi connectivity index (χ1n) is 13.0. The first-order chi connectivity index (χ1) is 18.0. The lowest BCUT2D eigenvalue weighted by atomic mass is 10.0. The van der Waals surface area contributed by atoms with E-state index in [1.807, 2.05) is 84.6 Å². The van der Waals surface area contributed by atoms with E-state index in [1.165, 1.54) is 0 Å². The van der Waals surface area contributed by atoms with E-state index in [9.17, 15) is 9.59 Å². The number of nitrogens with zero attached hydrogens (tertiary/aromatic N) is 3. The normalized spacial score (nSPS) is 16.5. The van der Waals surface area contributed by atoms with Crippen LogP contribution in [0.2, 0.25) is 5.02 Å². The molecular formula is C30H33ClN4O2. The van der Waals surface area contributed by atoms with E-state index in [-0.39, 0.29) is 17.9 Å². The van der Waals surface area contributed by atoms with Crippen LogP contribution in [0.3, 0.4) is 0 Å². The molecule has 0 bridgehead atoms. The number of halogens is 1. The number of carbonyl (C=O) groups excluding carboxylic acids is 2. The number of para-hydroxylation sites is 1. The number of rotatable bonds is 5. The number of aryl methyl sites for hydroxylation is 1. The molecule has 37 heavy (non-hydrogen) atoms. The molecule has 2 aliphatic rings. The monoisotopic (exact) mass is 516 g/mol. The van der Waals surface area contributed by atoms with Crippen LogP contribution >= 0.6 is 11.6 Å². The van der Waals surface area contributed by atoms with Crippen molar-refractivity contribution in [2.45, 2.75) is 25.8 Å². The molecule has 7 heteroatoms. The molecule has 2 fully saturated rings. The predicted octanol–water partition coefficient (Wildman–Crippen LogP) is 5.01. The highest BCUT2D eigenvalue weighted by atomic mass is 35.5. The van der Waals surface area contributed by atoms with E-state index in [2.05, 4.69) is 15.1 Å². The largest absolute Gasteiger partial charge is 0.371 e. The van der Waals surface area contributed by atoms with Crippen LogP contribution in [-0.4, -0.2) is 62.0 Å². The van der Waals surface area contributed by atoms with Gasteiger partial charge in [0.05, 0.1) is 5.56 Å². The van der Waals surface area contributed by atoms with Gasteiger partial charge in [-0.2, -0.15) is 0 Å². The molecule has 6 nitrogen and oxygen atoms in total. The van der Waals surface area contributed by atoms with Gasteiger partial charge in [-0.1, -0.05) is 41.4 Å². The summed E-state index contributed by atoms with van der Waals surface area (Å²) in [7, 11) is 0. The van der Waals surface area contributed by atoms with Crippen LogP contribution in [0, 0.1) is 6.92 Å². The van der Waals surface area contributed by atoms with Crippen molar-refractivity contribution in [2.24, 2.45) is 0 Å². The Labute approximate surface area is 223 Å². The van der Waals surface area contributed by atoms with Crippen LogP contribution in [0.25, 0.3) is 0 Å². The molecule has 0 aromatic heterocycles. The second-order valence-corrected chi connectivity index (χ2v) is 10.3. The molecule has 2 aliphatic heterocycles. The lowest BCUT2D eigenvalue weighted by Gasteiger charge is -2.38. The number of piperidine rings is 1. The zero-order chi connectivity index (χ0) is 25.8. The van der Waals surface area contributed by atoms with Crippen LogP contribution < -0.4 is 15.1 Å². The van der Waals surface area contributed by atoms with Gasteiger partial charge in [0.1, 0.15) is 0 Å². The first kappa shape index (κ1) is 25.2. The van der Waals surface area contributed by atoms with Gasteiger partial charge in [0.25, 0.3) is 11.8 Å². The van der Waals surface area contributed by atoms with Gasteiger partial charge in [-0.15, -0.1) is 0 Å². The van der Waals surface area contributed by atoms with Gasteiger partial charge in [-0.25, -0.2) is 0 Å². The van der Waals surface area contributed by atoms with Crippen molar-refractivity contribution >= 4 is 34.8 Å². The van der Waals surface area contributed by atoms with E-state index in [0.29, 0.717) is 18.7 Å². The highest BCUT2D eigenvalue weighted by molar-refractivity contribution is 6.30. The van der Waals surface area contributed by atoms with Crippen molar-refractivity contribution in [2.75, 3.05) is 49.1 Å². The number of anilines is 2. The van der Waals surface area contributed by atoms with Crippen LogP contribution in [0.4, 0.5) is 11.4 Å². The van der Waals surface area contributed by atoms with E-state index >= 15 is 0 Å². The van der Waals surface area contributed by atoms with E-state index in [4.69, 9.17) is 11.6 Å². The molecule has 0 atom stereocenters. The summed E-state index contributed by atoms with van der Waals surface area (Å²) in [6, 6.07) is 23.6. The Balaban J connectivity index is 1.18. The molecule has 0 unspecified atom stereocenters. The van der Waals surface area contributed by atoms with Crippen molar-refractivity contribution in [3.05, 3.63) is 94.5 Å². The van der Waals surface area contributed by atoms with E-state index < -0.39 is 0 Å². The summed E-state index contributed by atoms with van der Waals surface area (Å²) in [6.07, 6.45) is 1.69. The van der Waals surface area contributed by atoms with Crippen molar-refractivity contribution in [1.82, 2.24) is 10.2 Å². The maximum atomic E-state index is 13.5. The molecule has 3 aromatic rings. The number of benzene rings is 3. The summed E-state index contributed by atoms with van der Waals surface area (Å²) < 4.78 is 0. The van der Waals surface area contributed by atoms with Crippen molar-refractivity contribution in [3.63, 3.8) is 0 Å². The fourth-order valence-electron chi connectivity index (χ4n) is 5.16. The SMILES string of the molecule is Cc1ccc(C(=O)NC2CCN(c3ccccc3C(=O)N3CCN(c4ccc(Cl)cc4)CC3)CC2)cc1. The molecule has 0 aliphatic carbocycles. The number of hydrogen-bond donors (Lipinski definition) is 1. The minimum Gasteiger partial charge on any atom is -0.371 e. The quantitative estimate of drug-likeness (QED) is 0.518. The Bertz CT molecular complexity index is 1230. The summed E-state index contributed by atoms with van der Waals surface area (Å²) in [4.78, 5) is 32.7. The lowest BCUT2D eigenvalue weighted by Crippen LogP contribution is -2.49. The molecule has 1 N–H and O–H groups in total. The highest BCUT2D eigenvalue weighted by Gasteiger charge is 2.27. The second-order valence-electron chi connectivity index (χ2n) is 9.87. The Morgan fingerprint density at radius 2 is 1.43 bits per heavy atom. The third-order valence-electron chi connectivity index (χ3n) is 7.38. The number of piperazine rings is 1. The van der Waals surface area contributed by atoms with Gasteiger partial charge in [0, 0.05) is 67.3 Å². The lowest BCUT2D eigenvalue weighted by molar-refractivity contribution is 0.0747. The smallest absolute Gasteiger partial charge is 0.256 e. The molecule has 2 heterocycles. The maximum absolute atomic E-state index is 13.5. The van der Waals surface area contributed by atoms with Gasteiger partial charge in [-0.3, -0.25) is 9.59 Å². The summed E-state index contributed by atoms with van der Waals surface area (Å²) in [6.45, 7) is 6.57. The van der Waals surface area contributed by atoms with E-state index in [0.717, 1.165) is 66.5 Å². The molecule has 3 aromatic carbocycles. The molecule has 5 rings (SSSR count). The van der Waals surface area contributed by atoms with Gasteiger partial charge in [0.15, 0.2) is 0 Å². The topological polar surface area (TPSA) is 55.9 Å². The maximum Gasteiger partial charge on any atom is 0.256 e. The Morgan fingerprint density at radius 3 is 2.11 bits per heavy atom. The standard InChI is InChI=1S/C30H33ClN4O2/c1-22-6-8-23(9-7-22)29(36)32-25-14-16-34(17-15-25)28-5-3-2-4-27(28)30(37)35-20-18-33(19-21-35)26-12-10-24(31)11-13-26/h2-13,25H,14-21H2,1H3,(H,32,36). The molecule has 0 spiro atoms. The minimum atomic E-state index is -0.0215. The summed E-state index contributed by atoms with van der Waals surface area (Å²) >= 11 is 6.03. The van der Waals surface area contributed by atoms with Gasteiger partial charge in [0.2, 0.25) is 0 Å². The number of carbonyl (C=O) groups is 2. The zero-order valence-electron chi connectivity index (χ0n) is 21.2. The second kappa shape index (κ2) is 11.3. The van der Waals surface area contributed by atoms with Crippen LogP contribution in [0.15, 0.2) is 72.8 Å². The average Bonchev–Trinajstić information content (AvgIpc) is 2.94. The molecule has 0 saturated carbocycles. The predicted molar refractivity (Wildman–Crippen MR) is 150 cm³/mol. The zero-order valence-corrected chi connectivity index (χ0v) is 22.0. The summed E-state index contributed by atoms with van der Waals surface area (Å²) in [5, 5.41) is 3.91. The Morgan fingerprint density at radius 1 is 0.784 bits per heavy atom. The van der Waals surface area contributed by atoms with Crippen LogP contribution in [-0.2, 0) is 0 Å². The first-order valence-corrected chi connectivity index (χ1v) is 13.4. The van der Waals surface area contributed by atoms with Gasteiger partial charge >= 0.3 is 0 Å². The molecule has 192 valence electrons. The molecule has 0 radical (unpaired) electrons. The number of amides is 2. The van der Waals surface area contributed by atoms with Crippen LogP contribution in [0.5, 0.6) is 0 Å². The fraction of sp³-hybridized carbons (Fsp3) is 0.333. The molecule has 2 amide bonds. The molecular weight excluding hydrogens is 484 g/mol. The van der Waals surface area contributed by atoms with Crippen LogP contribution in [0.1, 0.15) is 39.1 Å². The Hall–Kier alpha value is -3.51. The van der Waals surface area contributed by atoms with Gasteiger partial charge in [-0.05, 0) is 68.3 Å². The number of nitrogens with one attached hydrogen (secondary N) is 1. The van der Waals surface area contributed by atoms with E-state index in [1.54, 1.807) is 0 Å². The third kappa shape index (κ3) is 5.91. The van der Waals surface area contributed by atoms with Crippen molar-refractivity contribution < 1.29 is 9.59 Å². The van der Waals surface area contributed by atoms with Gasteiger partial charge < -0.3 is 20.0 Å². The number of hydrogen-bond acceptors (Lipinski definition) is 4. The Kier molecular flexibility index (Phi) is 7.65. The summed E-state index contributed by atoms with van der Waals surface area (Å²) in [5.74, 6) is 0.0629. The summed E-state index contributed by atoms with van der Waals surface area (Å²) in [5.41, 5.74) is 4.71. The van der Waals surface area contributed by atoms with Crippen molar-refractivity contribution in [1.29, 1.82) is 0 Å². The third-order valence-corrected chi connectivity index (χ3v) is 7.63. The highest BCUT2D eigenvalue weighted by Crippen LogP contribution is 2.27. The fourth-order valence-corrected chi connectivity index (χ4v) is 5.28. The average molecular weight is 517 g/mol.